The van der Waals surface area contributed by atoms with E-state index in [4.69, 9.17) is 4.74 Å². The molecule has 0 unspecified atom stereocenters. The Kier molecular flexibility index (Phi) is 6.30. The van der Waals surface area contributed by atoms with Gasteiger partial charge in [-0.1, -0.05) is 18.7 Å². The van der Waals surface area contributed by atoms with Crippen LogP contribution in [-0.4, -0.2) is 33.3 Å². The number of rotatable bonds is 8. The lowest BCUT2D eigenvalue weighted by atomic mass is 10.2. The minimum atomic E-state index is -0.0864. The quantitative estimate of drug-likeness (QED) is 0.587. The van der Waals surface area contributed by atoms with E-state index in [9.17, 15) is 4.79 Å². The van der Waals surface area contributed by atoms with Crippen LogP contribution in [0.2, 0.25) is 0 Å². The Morgan fingerprint density at radius 3 is 2.88 bits per heavy atom. The maximum atomic E-state index is 12.2. The second-order valence-electron chi connectivity index (χ2n) is 5.51. The van der Waals surface area contributed by atoms with Crippen LogP contribution in [0.4, 0.5) is 5.13 Å². The second-order valence-corrected chi connectivity index (χ2v) is 7.31. The predicted molar refractivity (Wildman–Crippen MR) is 106 cm³/mol. The molecule has 1 N–H and O–H groups in total. The largest absolute Gasteiger partial charge is 0.497 e. The summed E-state index contributed by atoms with van der Waals surface area (Å²) in [5.41, 5.74) is 1.82. The number of thiazole rings is 1. The number of thioether (sulfide) groups is 1. The van der Waals surface area contributed by atoms with Gasteiger partial charge in [0.2, 0.25) is 5.91 Å². The highest BCUT2D eigenvalue weighted by Gasteiger charge is 2.11. The van der Waals surface area contributed by atoms with Crippen LogP contribution < -0.4 is 10.1 Å². The molecule has 0 spiro atoms. The first-order chi connectivity index (χ1) is 12.7. The van der Waals surface area contributed by atoms with E-state index in [0.29, 0.717) is 10.9 Å². The van der Waals surface area contributed by atoms with Crippen LogP contribution in [0.3, 0.4) is 0 Å². The topological polar surface area (TPSA) is 69.0 Å². The molecule has 26 heavy (non-hydrogen) atoms. The van der Waals surface area contributed by atoms with Gasteiger partial charge >= 0.3 is 0 Å². The van der Waals surface area contributed by atoms with Gasteiger partial charge < -0.3 is 14.6 Å². The number of benzene rings is 1. The van der Waals surface area contributed by atoms with Crippen molar-refractivity contribution in [3.63, 3.8) is 0 Å². The van der Waals surface area contributed by atoms with E-state index >= 15 is 0 Å². The molecule has 2 heterocycles. The van der Waals surface area contributed by atoms with Crippen LogP contribution >= 0.6 is 23.1 Å². The summed E-state index contributed by atoms with van der Waals surface area (Å²) in [7, 11) is 1.64. The summed E-state index contributed by atoms with van der Waals surface area (Å²) in [6, 6.07) is 7.68. The zero-order chi connectivity index (χ0) is 18.4. The molecule has 0 saturated heterocycles. The zero-order valence-corrected chi connectivity index (χ0v) is 16.3. The van der Waals surface area contributed by atoms with Gasteiger partial charge in [-0.25, -0.2) is 9.97 Å². The van der Waals surface area contributed by atoms with Gasteiger partial charge in [0.05, 0.1) is 18.6 Å². The number of carbonyl (C=O) groups excluding carboxylic acids is 1. The van der Waals surface area contributed by atoms with Gasteiger partial charge in [0.15, 0.2) is 10.3 Å². The van der Waals surface area contributed by atoms with Crippen molar-refractivity contribution in [1.29, 1.82) is 0 Å². The van der Waals surface area contributed by atoms with Gasteiger partial charge in [-0.15, -0.1) is 11.3 Å². The van der Waals surface area contributed by atoms with Crippen molar-refractivity contribution < 1.29 is 9.53 Å². The molecule has 0 bridgehead atoms. The summed E-state index contributed by atoms with van der Waals surface area (Å²) in [4.78, 5) is 21.0. The number of imidazole rings is 1. The van der Waals surface area contributed by atoms with E-state index < -0.39 is 0 Å². The van der Waals surface area contributed by atoms with Crippen molar-refractivity contribution in [3.8, 4) is 17.0 Å². The van der Waals surface area contributed by atoms with Crippen LogP contribution in [0.25, 0.3) is 11.3 Å². The molecule has 0 radical (unpaired) electrons. The van der Waals surface area contributed by atoms with Gasteiger partial charge in [-0.3, -0.25) is 4.79 Å². The van der Waals surface area contributed by atoms with Crippen molar-refractivity contribution in [3.05, 3.63) is 42.0 Å². The molecule has 3 aromatic rings. The molecule has 0 fully saturated rings. The first-order valence-electron chi connectivity index (χ1n) is 8.23. The van der Waals surface area contributed by atoms with Crippen molar-refractivity contribution >= 4 is 34.1 Å². The molecule has 1 aromatic carbocycles. The van der Waals surface area contributed by atoms with Gasteiger partial charge in [0, 0.05) is 29.9 Å². The lowest BCUT2D eigenvalue weighted by Gasteiger charge is -2.05. The minimum Gasteiger partial charge on any atom is -0.497 e. The molecule has 0 aliphatic heterocycles. The summed E-state index contributed by atoms with van der Waals surface area (Å²) in [5.74, 6) is 1.02. The SMILES string of the molecule is CCCn1ccnc1SCC(=O)Nc1nc(-c2ccc(OC)cc2)cs1. The minimum absolute atomic E-state index is 0.0864. The lowest BCUT2D eigenvalue weighted by Crippen LogP contribution is -2.14. The molecule has 0 aliphatic carbocycles. The van der Waals surface area contributed by atoms with Gasteiger partial charge in [-0.05, 0) is 30.7 Å². The molecule has 3 rings (SSSR count). The highest BCUT2D eigenvalue weighted by atomic mass is 32.2. The van der Waals surface area contributed by atoms with Gasteiger partial charge in [0.1, 0.15) is 5.75 Å². The van der Waals surface area contributed by atoms with Crippen molar-refractivity contribution in [1.82, 2.24) is 14.5 Å². The number of amides is 1. The monoisotopic (exact) mass is 388 g/mol. The number of aromatic nitrogens is 3. The number of ether oxygens (including phenoxy) is 1. The summed E-state index contributed by atoms with van der Waals surface area (Å²) >= 11 is 2.84. The Hall–Kier alpha value is -2.32. The highest BCUT2D eigenvalue weighted by molar-refractivity contribution is 7.99. The Bertz CT molecular complexity index is 858. The van der Waals surface area contributed by atoms with Crippen LogP contribution in [0, 0.1) is 0 Å². The van der Waals surface area contributed by atoms with Gasteiger partial charge in [0.25, 0.3) is 0 Å². The normalized spacial score (nSPS) is 10.7. The van der Waals surface area contributed by atoms with E-state index in [-0.39, 0.29) is 5.91 Å². The average molecular weight is 389 g/mol. The second kappa shape index (κ2) is 8.86. The van der Waals surface area contributed by atoms with Crippen LogP contribution in [0.1, 0.15) is 13.3 Å². The first kappa shape index (κ1) is 18.5. The lowest BCUT2D eigenvalue weighted by molar-refractivity contribution is -0.113. The van der Waals surface area contributed by atoms with Crippen molar-refractivity contribution in [2.75, 3.05) is 18.2 Å². The Morgan fingerprint density at radius 2 is 2.15 bits per heavy atom. The molecular weight excluding hydrogens is 368 g/mol. The highest BCUT2D eigenvalue weighted by Crippen LogP contribution is 2.26. The van der Waals surface area contributed by atoms with E-state index in [2.05, 4.69) is 26.8 Å². The molecule has 1 amide bonds. The molecule has 6 nitrogen and oxygen atoms in total. The van der Waals surface area contributed by atoms with E-state index in [0.717, 1.165) is 35.1 Å². The Balaban J connectivity index is 1.56. The zero-order valence-electron chi connectivity index (χ0n) is 14.6. The number of nitrogens with one attached hydrogen (secondary N) is 1. The summed E-state index contributed by atoms with van der Waals surface area (Å²) < 4.78 is 7.22. The first-order valence-corrected chi connectivity index (χ1v) is 10.1. The molecule has 0 atom stereocenters. The average Bonchev–Trinajstić information content (AvgIpc) is 3.30. The fourth-order valence-electron chi connectivity index (χ4n) is 2.36. The summed E-state index contributed by atoms with van der Waals surface area (Å²) in [6.45, 7) is 3.02. The number of anilines is 1. The van der Waals surface area contributed by atoms with Crippen LogP contribution in [0.5, 0.6) is 5.75 Å². The smallest absolute Gasteiger partial charge is 0.236 e. The number of nitrogens with zero attached hydrogens (tertiary/aromatic N) is 3. The van der Waals surface area contributed by atoms with Gasteiger partial charge in [-0.2, -0.15) is 0 Å². The van der Waals surface area contributed by atoms with E-state index in [1.165, 1.54) is 23.1 Å². The third-order valence-electron chi connectivity index (χ3n) is 3.61. The summed E-state index contributed by atoms with van der Waals surface area (Å²) in [5, 5.41) is 6.24. The standard InChI is InChI=1S/C18H20N4O2S2/c1-3-9-22-10-8-19-18(22)26-12-16(23)21-17-20-15(11-25-17)13-4-6-14(24-2)7-5-13/h4-8,10-11H,3,9,12H2,1-2H3,(H,20,21,23). The maximum Gasteiger partial charge on any atom is 0.236 e. The third kappa shape index (κ3) is 4.64. The van der Waals surface area contributed by atoms with Crippen molar-refractivity contribution in [2.24, 2.45) is 0 Å². The Labute approximate surface area is 160 Å². The van der Waals surface area contributed by atoms with Crippen LogP contribution in [0.15, 0.2) is 47.2 Å². The molecule has 0 saturated carbocycles. The van der Waals surface area contributed by atoms with E-state index in [1.807, 2.05) is 35.8 Å². The maximum absolute atomic E-state index is 12.2. The molecule has 8 heteroatoms. The predicted octanol–water partition coefficient (Wildman–Crippen LogP) is 4.16. The number of aryl methyl sites for hydroxylation is 1. The fraction of sp³-hybridized carbons (Fsp3) is 0.278. The van der Waals surface area contributed by atoms with E-state index in [1.54, 1.807) is 13.3 Å². The molecule has 2 aromatic heterocycles. The number of methoxy groups -OCH3 is 1. The Morgan fingerprint density at radius 1 is 1.35 bits per heavy atom. The number of carbonyl (C=O) groups is 1. The number of hydrogen-bond donors (Lipinski definition) is 1. The molecule has 136 valence electrons. The summed E-state index contributed by atoms with van der Waals surface area (Å²) in [6.07, 6.45) is 4.73. The fourth-order valence-corrected chi connectivity index (χ4v) is 3.88. The number of hydrogen-bond acceptors (Lipinski definition) is 6. The van der Waals surface area contributed by atoms with Crippen LogP contribution in [-0.2, 0) is 11.3 Å². The van der Waals surface area contributed by atoms with Crippen molar-refractivity contribution in [2.45, 2.75) is 25.0 Å². The molecular formula is C18H20N4O2S2. The molecule has 0 aliphatic rings. The third-order valence-corrected chi connectivity index (χ3v) is 5.37.